The van der Waals surface area contributed by atoms with Gasteiger partial charge in [0.2, 0.25) is 11.7 Å². The predicted molar refractivity (Wildman–Crippen MR) is 114 cm³/mol. The van der Waals surface area contributed by atoms with Gasteiger partial charge in [-0.2, -0.15) is 4.98 Å². The lowest BCUT2D eigenvalue weighted by Gasteiger charge is -2.11. The molecule has 148 valence electrons. The molecule has 0 aliphatic heterocycles. The van der Waals surface area contributed by atoms with E-state index in [2.05, 4.69) is 15.1 Å². The fourth-order valence-corrected chi connectivity index (χ4v) is 4.56. The quantitative estimate of drug-likeness (QED) is 0.287. The van der Waals surface area contributed by atoms with Crippen LogP contribution in [-0.2, 0) is 5.75 Å². The van der Waals surface area contributed by atoms with E-state index in [-0.39, 0.29) is 11.4 Å². The number of benzene rings is 2. The van der Waals surface area contributed by atoms with E-state index in [0.29, 0.717) is 38.4 Å². The van der Waals surface area contributed by atoms with E-state index in [1.807, 2.05) is 41.8 Å². The van der Waals surface area contributed by atoms with E-state index in [9.17, 15) is 9.18 Å². The highest BCUT2D eigenvalue weighted by molar-refractivity contribution is 7.98. The normalized spacial score (nSPS) is 11.2. The Labute approximate surface area is 178 Å². The van der Waals surface area contributed by atoms with Gasteiger partial charge >= 0.3 is 0 Å². The third-order valence-corrected chi connectivity index (χ3v) is 6.17. The molecule has 0 N–H and O–H groups in total. The minimum absolute atomic E-state index is 0.110. The second-order valence-corrected chi connectivity index (χ2v) is 8.17. The molecule has 9 heteroatoms. The third-order valence-electron chi connectivity index (χ3n) is 4.36. The van der Waals surface area contributed by atoms with Crippen molar-refractivity contribution in [2.45, 2.75) is 10.9 Å². The summed E-state index contributed by atoms with van der Waals surface area (Å²) >= 11 is 2.71. The highest BCUT2D eigenvalue weighted by atomic mass is 32.2. The van der Waals surface area contributed by atoms with Gasteiger partial charge in [0.05, 0.1) is 17.0 Å². The number of halogens is 1. The van der Waals surface area contributed by atoms with E-state index in [4.69, 9.17) is 4.52 Å². The maximum atomic E-state index is 13.1. The highest BCUT2D eigenvalue weighted by Crippen LogP contribution is 2.26. The van der Waals surface area contributed by atoms with Gasteiger partial charge in [-0.3, -0.25) is 9.36 Å². The van der Waals surface area contributed by atoms with Crippen LogP contribution in [0.1, 0.15) is 5.89 Å². The van der Waals surface area contributed by atoms with Crippen molar-refractivity contribution >= 4 is 33.3 Å². The van der Waals surface area contributed by atoms with Crippen molar-refractivity contribution in [1.82, 2.24) is 19.7 Å². The van der Waals surface area contributed by atoms with Crippen LogP contribution in [0.3, 0.4) is 0 Å². The Hall–Kier alpha value is -3.30. The first-order chi connectivity index (χ1) is 14.7. The summed E-state index contributed by atoms with van der Waals surface area (Å²) < 4.78 is 20.7. The molecule has 0 atom stereocenters. The molecule has 0 bridgehead atoms. The molecular formula is C21H13FN4O2S2. The molecular weight excluding hydrogens is 423 g/mol. The van der Waals surface area contributed by atoms with Crippen LogP contribution in [0.4, 0.5) is 4.39 Å². The average Bonchev–Trinajstić information content (AvgIpc) is 3.43. The van der Waals surface area contributed by atoms with Gasteiger partial charge in [-0.15, -0.1) is 11.3 Å². The van der Waals surface area contributed by atoms with Crippen LogP contribution in [-0.4, -0.2) is 19.7 Å². The van der Waals surface area contributed by atoms with Gasteiger partial charge in [-0.05, 0) is 47.8 Å². The van der Waals surface area contributed by atoms with Crippen molar-refractivity contribution in [1.29, 1.82) is 0 Å². The Balaban J connectivity index is 1.47. The van der Waals surface area contributed by atoms with Gasteiger partial charge in [-0.25, -0.2) is 9.37 Å². The van der Waals surface area contributed by atoms with Crippen LogP contribution >= 0.6 is 23.1 Å². The fourth-order valence-electron chi connectivity index (χ4n) is 2.95. The number of nitrogens with zero attached hydrogens (tertiary/aromatic N) is 4. The first-order valence-electron chi connectivity index (χ1n) is 8.96. The molecule has 0 aliphatic rings. The smallest absolute Gasteiger partial charge is 0.276 e. The van der Waals surface area contributed by atoms with Crippen LogP contribution in [0.25, 0.3) is 27.3 Å². The summed E-state index contributed by atoms with van der Waals surface area (Å²) in [5, 5.41) is 6.36. The fraction of sp³-hybridized carbons (Fsp3) is 0.0476. The van der Waals surface area contributed by atoms with Gasteiger partial charge < -0.3 is 4.52 Å². The van der Waals surface area contributed by atoms with Crippen LogP contribution in [0.15, 0.2) is 80.5 Å². The monoisotopic (exact) mass is 436 g/mol. The number of hydrogen-bond acceptors (Lipinski definition) is 7. The third kappa shape index (κ3) is 3.53. The zero-order valence-electron chi connectivity index (χ0n) is 15.4. The van der Waals surface area contributed by atoms with Crippen molar-refractivity contribution in [2.24, 2.45) is 0 Å². The highest BCUT2D eigenvalue weighted by Gasteiger charge is 2.16. The summed E-state index contributed by atoms with van der Waals surface area (Å²) in [6, 6.07) is 17.1. The lowest BCUT2D eigenvalue weighted by atomic mass is 10.2. The minimum Gasteiger partial charge on any atom is -0.338 e. The van der Waals surface area contributed by atoms with Crippen molar-refractivity contribution in [2.75, 3.05) is 0 Å². The van der Waals surface area contributed by atoms with E-state index >= 15 is 0 Å². The number of thioether (sulfide) groups is 1. The molecule has 5 aromatic rings. The first kappa shape index (κ1) is 18.7. The van der Waals surface area contributed by atoms with E-state index in [0.717, 1.165) is 5.69 Å². The van der Waals surface area contributed by atoms with Gasteiger partial charge in [0.25, 0.3) is 5.56 Å². The number of aromatic nitrogens is 4. The second-order valence-electron chi connectivity index (χ2n) is 6.31. The first-order valence-corrected chi connectivity index (χ1v) is 10.8. The minimum atomic E-state index is -0.327. The van der Waals surface area contributed by atoms with Crippen molar-refractivity contribution < 1.29 is 8.91 Å². The Morgan fingerprint density at radius 2 is 1.83 bits per heavy atom. The predicted octanol–water partition coefficient (Wildman–Crippen LogP) is 4.93. The Bertz CT molecular complexity index is 1380. The molecule has 0 radical (unpaired) electrons. The number of hydrogen-bond donors (Lipinski definition) is 0. The Morgan fingerprint density at radius 3 is 2.63 bits per heavy atom. The topological polar surface area (TPSA) is 73.8 Å². The summed E-state index contributed by atoms with van der Waals surface area (Å²) in [6.07, 6.45) is 0. The summed E-state index contributed by atoms with van der Waals surface area (Å²) in [7, 11) is 0. The molecule has 5 rings (SSSR count). The molecule has 0 amide bonds. The maximum absolute atomic E-state index is 13.1. The number of thiophene rings is 1. The molecule has 3 aromatic heterocycles. The lowest BCUT2D eigenvalue weighted by molar-refractivity contribution is 0.391. The molecule has 0 aliphatic carbocycles. The van der Waals surface area contributed by atoms with Crippen LogP contribution in [0.5, 0.6) is 0 Å². The molecule has 0 fully saturated rings. The molecule has 3 heterocycles. The molecule has 0 saturated carbocycles. The summed E-state index contributed by atoms with van der Waals surface area (Å²) in [4.78, 5) is 22.1. The maximum Gasteiger partial charge on any atom is 0.276 e. The van der Waals surface area contributed by atoms with Crippen molar-refractivity contribution in [3.8, 4) is 17.1 Å². The number of rotatable bonds is 5. The van der Waals surface area contributed by atoms with Crippen molar-refractivity contribution in [3.05, 3.63) is 88.1 Å². The standard InChI is InChI=1S/C21H13FN4O2S2/c22-14-8-6-13(7-9-14)19-24-17(28-25-19)12-30-21-23-16-10-11-29-18(16)20(27)26(21)15-4-2-1-3-5-15/h1-11H,12H2. The van der Waals surface area contributed by atoms with Gasteiger partial charge in [0, 0.05) is 5.56 Å². The average molecular weight is 436 g/mol. The molecule has 0 unspecified atom stereocenters. The van der Waals surface area contributed by atoms with Crippen molar-refractivity contribution in [3.63, 3.8) is 0 Å². The van der Waals surface area contributed by atoms with E-state index in [1.54, 1.807) is 16.7 Å². The molecule has 30 heavy (non-hydrogen) atoms. The number of para-hydroxylation sites is 1. The summed E-state index contributed by atoms with van der Waals surface area (Å²) in [5.74, 6) is 0.779. The van der Waals surface area contributed by atoms with E-state index in [1.165, 1.54) is 35.2 Å². The number of fused-ring (bicyclic) bond motifs is 1. The largest absolute Gasteiger partial charge is 0.338 e. The Morgan fingerprint density at radius 1 is 1.03 bits per heavy atom. The molecule has 6 nitrogen and oxygen atoms in total. The Kier molecular flexibility index (Phi) is 4.89. The second kappa shape index (κ2) is 7.85. The summed E-state index contributed by atoms with van der Waals surface area (Å²) in [5.41, 5.74) is 1.96. The molecule has 0 spiro atoms. The SMILES string of the molecule is O=c1c2sccc2nc(SCc2nc(-c3ccc(F)cc3)no2)n1-c1ccccc1. The van der Waals surface area contributed by atoms with Gasteiger partial charge in [0.15, 0.2) is 5.16 Å². The summed E-state index contributed by atoms with van der Waals surface area (Å²) in [6.45, 7) is 0. The van der Waals surface area contributed by atoms with Crippen LogP contribution < -0.4 is 5.56 Å². The zero-order chi connectivity index (χ0) is 20.5. The van der Waals surface area contributed by atoms with Crippen LogP contribution in [0.2, 0.25) is 0 Å². The molecule has 2 aromatic carbocycles. The van der Waals surface area contributed by atoms with Gasteiger partial charge in [0.1, 0.15) is 10.5 Å². The van der Waals surface area contributed by atoms with E-state index < -0.39 is 0 Å². The lowest BCUT2D eigenvalue weighted by Crippen LogP contribution is -2.20. The zero-order valence-corrected chi connectivity index (χ0v) is 17.0. The molecule has 0 saturated heterocycles. The van der Waals surface area contributed by atoms with Gasteiger partial charge in [-0.1, -0.05) is 35.1 Å². The van der Waals surface area contributed by atoms with Crippen LogP contribution in [0, 0.1) is 5.82 Å².